The Kier molecular flexibility index (Phi) is 6.27. The minimum atomic E-state index is 0.619. The van der Waals surface area contributed by atoms with Gasteiger partial charge in [0.25, 0.3) is 0 Å². The van der Waals surface area contributed by atoms with E-state index in [9.17, 15) is 0 Å². The second-order valence-corrected chi connectivity index (χ2v) is 14.2. The van der Waals surface area contributed by atoms with Gasteiger partial charge in [-0.2, -0.15) is 0 Å². The molecule has 0 aliphatic rings. The number of benzene rings is 8. The van der Waals surface area contributed by atoms with Gasteiger partial charge < -0.3 is 8.98 Å². The largest absolute Gasteiger partial charge is 0.456 e. The monoisotopic (exact) mass is 702 g/mol. The van der Waals surface area contributed by atoms with Gasteiger partial charge in [-0.1, -0.05) is 121 Å². The van der Waals surface area contributed by atoms with Crippen LogP contribution in [0.2, 0.25) is 0 Å². The Balaban J connectivity index is 1.13. The van der Waals surface area contributed by atoms with Gasteiger partial charge in [-0.05, 0) is 71.8 Å². The van der Waals surface area contributed by atoms with E-state index in [1.54, 1.807) is 0 Å². The number of rotatable bonds is 4. The van der Waals surface area contributed by atoms with Crippen molar-refractivity contribution < 1.29 is 4.42 Å². The summed E-state index contributed by atoms with van der Waals surface area (Å²) < 4.78 is 11.0. The summed E-state index contributed by atoms with van der Waals surface area (Å²) in [5, 5.41) is 7.78. The molecule has 12 rings (SSSR count). The molecule has 0 N–H and O–H groups in total. The Morgan fingerprint density at radius 2 is 0.964 bits per heavy atom. The molecular weight excluding hydrogens is 673 g/mol. The summed E-state index contributed by atoms with van der Waals surface area (Å²) in [5.74, 6) is 0.619. The van der Waals surface area contributed by atoms with Crippen molar-refractivity contribution in [3.63, 3.8) is 0 Å². The van der Waals surface area contributed by atoms with Gasteiger partial charge in [-0.3, -0.25) is 4.57 Å². The first-order chi connectivity index (χ1) is 27.3. The van der Waals surface area contributed by atoms with Gasteiger partial charge in [-0.15, -0.1) is 0 Å². The highest BCUT2D eigenvalue weighted by molar-refractivity contribution is 6.19. The Morgan fingerprint density at radius 3 is 1.78 bits per heavy atom. The van der Waals surface area contributed by atoms with Crippen LogP contribution in [0.4, 0.5) is 0 Å². The maximum Gasteiger partial charge on any atom is 0.235 e. The number of furan rings is 1. The Hall–Kier alpha value is -7.50. The number of hydrogen-bond donors (Lipinski definition) is 0. The lowest BCUT2D eigenvalue weighted by atomic mass is 10.0. The zero-order valence-corrected chi connectivity index (χ0v) is 29.5. The molecule has 4 heterocycles. The second-order valence-electron chi connectivity index (χ2n) is 14.2. The second kappa shape index (κ2) is 11.5. The molecule has 8 aromatic carbocycles. The molecule has 0 fully saturated rings. The van der Waals surface area contributed by atoms with Crippen LogP contribution in [-0.2, 0) is 0 Å². The minimum absolute atomic E-state index is 0.619. The molecule has 12 aromatic rings. The van der Waals surface area contributed by atoms with Crippen LogP contribution in [0, 0.1) is 0 Å². The molecule has 0 bridgehead atoms. The van der Waals surface area contributed by atoms with Crippen LogP contribution in [0.1, 0.15) is 0 Å². The third kappa shape index (κ3) is 4.41. The van der Waals surface area contributed by atoms with E-state index >= 15 is 0 Å². The fourth-order valence-corrected chi connectivity index (χ4v) is 8.68. The van der Waals surface area contributed by atoms with Crippen LogP contribution in [0.3, 0.4) is 0 Å². The number of hydrogen-bond acceptors (Lipinski definition) is 3. The van der Waals surface area contributed by atoms with E-state index in [2.05, 4.69) is 167 Å². The Morgan fingerprint density at radius 1 is 0.364 bits per heavy atom. The molecule has 5 nitrogen and oxygen atoms in total. The molecule has 0 unspecified atom stereocenters. The van der Waals surface area contributed by atoms with E-state index in [0.29, 0.717) is 5.95 Å². The van der Waals surface area contributed by atoms with Crippen LogP contribution < -0.4 is 0 Å². The molecule has 5 heteroatoms. The maximum atomic E-state index is 6.36. The van der Waals surface area contributed by atoms with Gasteiger partial charge in [0.15, 0.2) is 0 Å². The average Bonchev–Trinajstić information content (AvgIpc) is 3.91. The molecule has 0 spiro atoms. The highest BCUT2D eigenvalue weighted by Crippen LogP contribution is 2.41. The number of nitrogens with zero attached hydrogens (tertiary/aromatic N) is 4. The van der Waals surface area contributed by atoms with E-state index in [0.717, 1.165) is 82.7 Å². The molecule has 0 saturated heterocycles. The topological polar surface area (TPSA) is 48.8 Å². The van der Waals surface area contributed by atoms with E-state index in [1.807, 2.05) is 24.3 Å². The van der Waals surface area contributed by atoms with Crippen molar-refractivity contribution in [3.8, 4) is 34.0 Å². The normalized spacial score (nSPS) is 12.0. The van der Waals surface area contributed by atoms with Crippen molar-refractivity contribution in [2.75, 3.05) is 0 Å². The number of fused-ring (bicyclic) bond motifs is 11. The molecule has 0 aliphatic heterocycles. The van der Waals surface area contributed by atoms with Crippen molar-refractivity contribution in [1.82, 2.24) is 19.1 Å². The summed E-state index contributed by atoms with van der Waals surface area (Å²) in [6.45, 7) is 0. The van der Waals surface area contributed by atoms with Crippen LogP contribution >= 0.6 is 0 Å². The van der Waals surface area contributed by atoms with Crippen molar-refractivity contribution in [1.29, 1.82) is 0 Å². The van der Waals surface area contributed by atoms with Gasteiger partial charge in [0.05, 0.1) is 38.7 Å². The quantitative estimate of drug-likeness (QED) is 0.183. The summed E-state index contributed by atoms with van der Waals surface area (Å²) in [6, 6.07) is 64.3. The van der Waals surface area contributed by atoms with E-state index in [-0.39, 0.29) is 0 Å². The van der Waals surface area contributed by atoms with Crippen molar-refractivity contribution in [2.24, 2.45) is 0 Å². The summed E-state index contributed by atoms with van der Waals surface area (Å²) in [4.78, 5) is 10.9. The standard InChI is InChI=1S/C50H30N4O/c1-3-13-31(14-4-1)48-39-26-28-46-47(38-19-9-12-22-45(38)55-46)49(39)52-50(51-48)54-42-21-11-7-17-35(42)37-25-23-33(30-44(37)54)32-24-27-43-40(29-32)36-18-8-10-20-41(36)53(43)34-15-5-2-6-16-34/h1-30H. The van der Waals surface area contributed by atoms with Gasteiger partial charge in [0.2, 0.25) is 5.95 Å². The predicted molar refractivity (Wildman–Crippen MR) is 226 cm³/mol. The molecule has 55 heavy (non-hydrogen) atoms. The Bertz CT molecular complexity index is 3480. The molecule has 0 saturated carbocycles. The molecule has 0 atom stereocenters. The zero-order chi connectivity index (χ0) is 36.0. The summed E-state index contributed by atoms with van der Waals surface area (Å²) >= 11 is 0. The minimum Gasteiger partial charge on any atom is -0.456 e. The highest BCUT2D eigenvalue weighted by Gasteiger charge is 2.21. The number of aromatic nitrogens is 4. The lowest BCUT2D eigenvalue weighted by Gasteiger charge is -2.13. The molecule has 0 radical (unpaired) electrons. The average molecular weight is 703 g/mol. The van der Waals surface area contributed by atoms with Gasteiger partial charge in [-0.25, -0.2) is 9.97 Å². The summed E-state index contributed by atoms with van der Waals surface area (Å²) in [5.41, 5.74) is 12.4. The molecule has 256 valence electrons. The highest BCUT2D eigenvalue weighted by atomic mass is 16.3. The maximum absolute atomic E-state index is 6.36. The zero-order valence-electron chi connectivity index (χ0n) is 29.5. The Labute approximate surface area is 315 Å². The predicted octanol–water partition coefficient (Wildman–Crippen LogP) is 13.1. The van der Waals surface area contributed by atoms with Crippen LogP contribution in [0.25, 0.3) is 110 Å². The first-order valence-corrected chi connectivity index (χ1v) is 18.6. The van der Waals surface area contributed by atoms with Crippen LogP contribution in [0.5, 0.6) is 0 Å². The molecule has 4 aromatic heterocycles. The molecular formula is C50H30N4O. The van der Waals surface area contributed by atoms with Gasteiger partial charge in [0, 0.05) is 43.6 Å². The molecule has 0 aliphatic carbocycles. The fraction of sp³-hybridized carbons (Fsp3) is 0. The lowest BCUT2D eigenvalue weighted by molar-refractivity contribution is 0.669. The lowest BCUT2D eigenvalue weighted by Crippen LogP contribution is -2.03. The third-order valence-corrected chi connectivity index (χ3v) is 11.1. The third-order valence-electron chi connectivity index (χ3n) is 11.1. The smallest absolute Gasteiger partial charge is 0.235 e. The SMILES string of the molecule is c1ccc(-c2nc(-n3c4ccccc4c4ccc(-c5ccc6c(c5)c5ccccc5n6-c5ccccc5)cc43)nc3c2ccc2oc4ccccc4c23)cc1. The summed E-state index contributed by atoms with van der Waals surface area (Å²) in [6.07, 6.45) is 0. The van der Waals surface area contributed by atoms with Gasteiger partial charge in [0.1, 0.15) is 11.2 Å². The van der Waals surface area contributed by atoms with Crippen LogP contribution in [-0.4, -0.2) is 19.1 Å². The van der Waals surface area contributed by atoms with Crippen molar-refractivity contribution in [3.05, 3.63) is 182 Å². The van der Waals surface area contributed by atoms with E-state index in [4.69, 9.17) is 14.4 Å². The number of para-hydroxylation sites is 4. The first-order valence-electron chi connectivity index (χ1n) is 18.6. The van der Waals surface area contributed by atoms with Gasteiger partial charge >= 0.3 is 0 Å². The van der Waals surface area contributed by atoms with E-state index < -0.39 is 0 Å². The molecule has 0 amide bonds. The summed E-state index contributed by atoms with van der Waals surface area (Å²) in [7, 11) is 0. The van der Waals surface area contributed by atoms with Crippen molar-refractivity contribution >= 4 is 76.5 Å². The first kappa shape index (κ1) is 30.0. The van der Waals surface area contributed by atoms with Crippen molar-refractivity contribution in [2.45, 2.75) is 0 Å². The fourth-order valence-electron chi connectivity index (χ4n) is 8.68. The van der Waals surface area contributed by atoms with E-state index in [1.165, 1.54) is 21.8 Å². The van der Waals surface area contributed by atoms with Crippen LogP contribution in [0.15, 0.2) is 186 Å².